The second-order valence-electron chi connectivity index (χ2n) is 5.94. The van der Waals surface area contributed by atoms with Gasteiger partial charge in [0.15, 0.2) is 0 Å². The van der Waals surface area contributed by atoms with Gasteiger partial charge in [0.05, 0.1) is 11.0 Å². The summed E-state index contributed by atoms with van der Waals surface area (Å²) in [6.07, 6.45) is 2.27. The van der Waals surface area contributed by atoms with E-state index in [1.807, 2.05) is 41.3 Å². The summed E-state index contributed by atoms with van der Waals surface area (Å²) in [5.74, 6) is 0.959. The highest BCUT2D eigenvalue weighted by molar-refractivity contribution is 5.94. The van der Waals surface area contributed by atoms with Gasteiger partial charge in [-0.3, -0.25) is 9.69 Å². The molecule has 0 radical (unpaired) electrons. The van der Waals surface area contributed by atoms with E-state index in [-0.39, 0.29) is 5.91 Å². The number of amides is 1. The van der Waals surface area contributed by atoms with Crippen molar-refractivity contribution >= 4 is 22.9 Å². The van der Waals surface area contributed by atoms with Crippen LogP contribution < -0.4 is 4.90 Å². The fourth-order valence-corrected chi connectivity index (χ4v) is 3.24. The number of aromatic nitrogens is 2. The molecule has 0 atom stereocenters. The summed E-state index contributed by atoms with van der Waals surface area (Å²) < 4.78 is 2.17. The molecule has 0 unspecified atom stereocenters. The number of fused-ring (bicyclic) bond motifs is 3. The maximum absolute atomic E-state index is 12.7. The summed E-state index contributed by atoms with van der Waals surface area (Å²) in [4.78, 5) is 19.2. The molecule has 1 aliphatic heterocycles. The Morgan fingerprint density at radius 2 is 1.78 bits per heavy atom. The molecule has 1 aliphatic rings. The van der Waals surface area contributed by atoms with Crippen molar-refractivity contribution in [2.45, 2.75) is 25.8 Å². The second-order valence-corrected chi connectivity index (χ2v) is 5.94. The molecular weight excluding hydrogens is 286 g/mol. The van der Waals surface area contributed by atoms with E-state index >= 15 is 0 Å². The van der Waals surface area contributed by atoms with Gasteiger partial charge < -0.3 is 4.57 Å². The number of carbonyl (C=O) groups excluding carboxylic acids is 1. The third-order valence-electron chi connectivity index (χ3n) is 4.41. The first-order valence-electron chi connectivity index (χ1n) is 8.12. The summed E-state index contributed by atoms with van der Waals surface area (Å²) in [6, 6.07) is 18.3. The molecule has 2 aromatic carbocycles. The molecule has 0 saturated heterocycles. The Morgan fingerprint density at radius 1 is 1.00 bits per heavy atom. The van der Waals surface area contributed by atoms with E-state index in [1.54, 1.807) is 0 Å². The van der Waals surface area contributed by atoms with Crippen LogP contribution in [0, 0.1) is 0 Å². The lowest BCUT2D eigenvalue weighted by Crippen LogP contribution is -2.37. The topological polar surface area (TPSA) is 38.1 Å². The summed E-state index contributed by atoms with van der Waals surface area (Å²) in [6.45, 7) is 1.69. The number of hydrogen-bond donors (Lipinski definition) is 0. The van der Waals surface area contributed by atoms with Gasteiger partial charge in [-0.05, 0) is 30.5 Å². The Kier molecular flexibility index (Phi) is 3.58. The molecular formula is C19H19N3O. The van der Waals surface area contributed by atoms with Crippen molar-refractivity contribution in [3.8, 4) is 0 Å². The van der Waals surface area contributed by atoms with Crippen molar-refractivity contribution in [3.05, 3.63) is 60.2 Å². The van der Waals surface area contributed by atoms with Gasteiger partial charge in [-0.15, -0.1) is 0 Å². The Morgan fingerprint density at radius 3 is 2.65 bits per heavy atom. The quantitative estimate of drug-likeness (QED) is 0.744. The van der Waals surface area contributed by atoms with Crippen LogP contribution in [0.25, 0.3) is 11.0 Å². The van der Waals surface area contributed by atoms with Crippen molar-refractivity contribution in [2.24, 2.45) is 0 Å². The van der Waals surface area contributed by atoms with Gasteiger partial charge in [-0.1, -0.05) is 42.5 Å². The Bertz CT molecular complexity index is 838. The minimum atomic E-state index is 0.158. The molecule has 2 heterocycles. The van der Waals surface area contributed by atoms with Crippen LogP contribution in [0.15, 0.2) is 54.6 Å². The fourth-order valence-electron chi connectivity index (χ4n) is 3.24. The average Bonchev–Trinajstić information content (AvgIpc) is 2.99. The number of imidazole rings is 1. The van der Waals surface area contributed by atoms with Gasteiger partial charge in [0.2, 0.25) is 11.9 Å². The monoisotopic (exact) mass is 305 g/mol. The van der Waals surface area contributed by atoms with Crippen molar-refractivity contribution in [2.75, 3.05) is 11.4 Å². The molecule has 4 rings (SSSR count). The van der Waals surface area contributed by atoms with E-state index in [2.05, 4.69) is 27.8 Å². The van der Waals surface area contributed by atoms with Crippen LogP contribution in [0.3, 0.4) is 0 Å². The van der Waals surface area contributed by atoms with E-state index in [1.165, 1.54) is 5.56 Å². The number of rotatable bonds is 3. The lowest BCUT2D eigenvalue weighted by atomic mass is 10.1. The SMILES string of the molecule is O=C(CCc1ccccc1)N1CCCn2c1nc1ccccc12. The van der Waals surface area contributed by atoms with Gasteiger partial charge in [-0.25, -0.2) is 4.98 Å². The van der Waals surface area contributed by atoms with Gasteiger partial charge in [0, 0.05) is 19.5 Å². The third kappa shape index (κ3) is 2.61. The van der Waals surface area contributed by atoms with Gasteiger partial charge in [0.1, 0.15) is 0 Å². The molecule has 4 heteroatoms. The number of carbonyl (C=O) groups is 1. The largest absolute Gasteiger partial charge is 0.310 e. The van der Waals surface area contributed by atoms with Gasteiger partial charge >= 0.3 is 0 Å². The van der Waals surface area contributed by atoms with Gasteiger partial charge in [-0.2, -0.15) is 0 Å². The van der Waals surface area contributed by atoms with Crippen LogP contribution in [0.5, 0.6) is 0 Å². The lowest BCUT2D eigenvalue weighted by Gasteiger charge is -2.27. The van der Waals surface area contributed by atoms with E-state index in [0.717, 1.165) is 42.9 Å². The molecule has 0 spiro atoms. The smallest absolute Gasteiger partial charge is 0.229 e. The number of aryl methyl sites for hydroxylation is 2. The Labute approximate surface area is 135 Å². The Hall–Kier alpha value is -2.62. The highest BCUT2D eigenvalue weighted by atomic mass is 16.2. The molecule has 4 nitrogen and oxygen atoms in total. The maximum atomic E-state index is 12.7. The van der Waals surface area contributed by atoms with Crippen LogP contribution in [0.4, 0.5) is 5.95 Å². The van der Waals surface area contributed by atoms with Gasteiger partial charge in [0.25, 0.3) is 0 Å². The zero-order chi connectivity index (χ0) is 15.6. The second kappa shape index (κ2) is 5.88. The zero-order valence-corrected chi connectivity index (χ0v) is 13.0. The van der Waals surface area contributed by atoms with Crippen LogP contribution >= 0.6 is 0 Å². The van der Waals surface area contributed by atoms with Crippen LogP contribution in [0.2, 0.25) is 0 Å². The molecule has 0 fully saturated rings. The molecule has 1 aromatic heterocycles. The molecule has 1 amide bonds. The predicted molar refractivity (Wildman–Crippen MR) is 91.5 cm³/mol. The highest BCUT2D eigenvalue weighted by Gasteiger charge is 2.25. The summed E-state index contributed by atoms with van der Waals surface area (Å²) in [5, 5.41) is 0. The molecule has 0 N–H and O–H groups in total. The van der Waals surface area contributed by atoms with E-state index in [0.29, 0.717) is 6.42 Å². The summed E-state index contributed by atoms with van der Waals surface area (Å²) >= 11 is 0. The number of anilines is 1. The Balaban J connectivity index is 1.57. The van der Waals surface area contributed by atoms with Crippen molar-refractivity contribution in [1.29, 1.82) is 0 Å². The molecule has 0 aliphatic carbocycles. The molecule has 0 saturated carbocycles. The van der Waals surface area contributed by atoms with Crippen molar-refractivity contribution in [3.63, 3.8) is 0 Å². The van der Waals surface area contributed by atoms with E-state index < -0.39 is 0 Å². The standard InChI is InChI=1S/C19H19N3O/c23-18(12-11-15-7-2-1-3-8-15)22-14-6-13-21-17-10-5-4-9-16(17)20-19(21)22/h1-5,7-10H,6,11-14H2. The van der Waals surface area contributed by atoms with E-state index in [4.69, 9.17) is 0 Å². The normalized spacial score (nSPS) is 14.0. The van der Waals surface area contributed by atoms with E-state index in [9.17, 15) is 4.79 Å². The van der Waals surface area contributed by atoms with Crippen LogP contribution in [-0.2, 0) is 17.8 Å². The molecule has 23 heavy (non-hydrogen) atoms. The zero-order valence-electron chi connectivity index (χ0n) is 13.0. The number of benzene rings is 2. The number of nitrogens with zero attached hydrogens (tertiary/aromatic N) is 3. The average molecular weight is 305 g/mol. The minimum absolute atomic E-state index is 0.158. The lowest BCUT2D eigenvalue weighted by molar-refractivity contribution is -0.118. The highest BCUT2D eigenvalue weighted by Crippen LogP contribution is 2.27. The summed E-state index contributed by atoms with van der Waals surface area (Å²) in [5.41, 5.74) is 3.28. The summed E-state index contributed by atoms with van der Waals surface area (Å²) in [7, 11) is 0. The first-order valence-corrected chi connectivity index (χ1v) is 8.12. The number of para-hydroxylation sites is 2. The van der Waals surface area contributed by atoms with Crippen molar-refractivity contribution in [1.82, 2.24) is 9.55 Å². The molecule has 3 aromatic rings. The molecule has 0 bridgehead atoms. The fraction of sp³-hybridized carbons (Fsp3) is 0.263. The predicted octanol–water partition coefficient (Wildman–Crippen LogP) is 3.41. The third-order valence-corrected chi connectivity index (χ3v) is 4.41. The molecule has 116 valence electrons. The first-order chi connectivity index (χ1) is 11.3. The van der Waals surface area contributed by atoms with Crippen molar-refractivity contribution < 1.29 is 4.79 Å². The minimum Gasteiger partial charge on any atom is -0.310 e. The maximum Gasteiger partial charge on any atom is 0.229 e. The first kappa shape index (κ1) is 14.0. The number of hydrogen-bond acceptors (Lipinski definition) is 2. The van der Waals surface area contributed by atoms with Crippen LogP contribution in [-0.4, -0.2) is 22.0 Å². The van der Waals surface area contributed by atoms with Crippen LogP contribution in [0.1, 0.15) is 18.4 Å².